The van der Waals surface area contributed by atoms with Crippen LogP contribution in [0.1, 0.15) is 141 Å². The number of benzene rings is 1. The summed E-state index contributed by atoms with van der Waals surface area (Å²) in [6.07, 6.45) is 19.0. The zero-order valence-corrected chi connectivity index (χ0v) is 32.2. The summed E-state index contributed by atoms with van der Waals surface area (Å²) in [5.74, 6) is 0.932. The van der Waals surface area contributed by atoms with Crippen LogP contribution in [0, 0.1) is 0 Å². The van der Waals surface area contributed by atoms with Crippen molar-refractivity contribution in [2.75, 3.05) is 25.0 Å². The van der Waals surface area contributed by atoms with E-state index >= 15 is 0 Å². The van der Waals surface area contributed by atoms with Crippen LogP contribution < -0.4 is 16.0 Å². The Kier molecular flexibility index (Phi) is 26.7. The van der Waals surface area contributed by atoms with Crippen LogP contribution in [0.2, 0.25) is 0 Å². The van der Waals surface area contributed by atoms with Gasteiger partial charge >= 0.3 is 0 Å². The second kappa shape index (κ2) is 28.7. The Morgan fingerprint density at radius 1 is 0.771 bits per heavy atom. The summed E-state index contributed by atoms with van der Waals surface area (Å²) in [7, 11) is 0. The molecule has 0 radical (unpaired) electrons. The van der Waals surface area contributed by atoms with Gasteiger partial charge in [-0.1, -0.05) is 91.5 Å². The Bertz CT molecular complexity index is 1190. The van der Waals surface area contributed by atoms with E-state index in [1.807, 2.05) is 13.8 Å². The molecule has 0 unspecified atom stereocenters. The average molecular weight is 660 g/mol. The fourth-order valence-corrected chi connectivity index (χ4v) is 5.83. The number of aliphatic imine (C=N–C) groups is 1. The molecule has 5 heteroatoms. The first kappa shape index (κ1) is 44.7. The number of rotatable bonds is 22. The van der Waals surface area contributed by atoms with E-state index in [0.29, 0.717) is 0 Å². The van der Waals surface area contributed by atoms with E-state index in [-0.39, 0.29) is 0 Å². The van der Waals surface area contributed by atoms with Crippen molar-refractivity contribution in [1.29, 1.82) is 0 Å². The van der Waals surface area contributed by atoms with Crippen molar-refractivity contribution >= 4 is 22.9 Å². The molecule has 1 aromatic carbocycles. The van der Waals surface area contributed by atoms with Gasteiger partial charge in [0.15, 0.2) is 0 Å². The van der Waals surface area contributed by atoms with Gasteiger partial charge in [-0.25, -0.2) is 4.99 Å². The number of aromatic nitrogens is 1. The van der Waals surface area contributed by atoms with Gasteiger partial charge in [0.05, 0.1) is 17.1 Å². The highest BCUT2D eigenvalue weighted by molar-refractivity contribution is 6.09. The van der Waals surface area contributed by atoms with Crippen molar-refractivity contribution in [2.45, 2.75) is 138 Å². The number of amidine groups is 1. The largest absolute Gasteiger partial charge is 0.385 e. The average Bonchev–Trinajstić information content (AvgIpc) is 3.49. The van der Waals surface area contributed by atoms with E-state index in [1.165, 1.54) is 80.1 Å². The fourth-order valence-electron chi connectivity index (χ4n) is 5.83. The smallest absolute Gasteiger partial charge is 0.138 e. The summed E-state index contributed by atoms with van der Waals surface area (Å²) in [5, 5.41) is 10.9. The number of allylic oxidation sites excluding steroid dienone is 1. The molecule has 3 rings (SSSR count). The standard InChI is InChI=1S/C37H59N5.C2H6.2C2H4/c1-7-11-13-14-19-29(5)20-17-25-38-24-15-16-26-39-33-23-22-31(21-12-8-2)34(27-33)37-40-30(6)36-35(41-37)32(18-9-3)28-42(36)10-4;3*1-2/h22-23,27-28,38-39H,5-21,24-26H2,1-4H3,(H,40,41);1-2H3;2*1-2H2. The monoisotopic (exact) mass is 660 g/mol. The number of nitrogens with zero attached hydrogens (tertiary/aromatic N) is 2. The molecule has 0 fully saturated rings. The topological polar surface area (TPSA) is 53.4 Å². The number of nitrogens with one attached hydrogen (secondary N) is 3. The van der Waals surface area contributed by atoms with Crippen LogP contribution in [-0.4, -0.2) is 30.0 Å². The third kappa shape index (κ3) is 15.7. The summed E-state index contributed by atoms with van der Waals surface area (Å²) < 4.78 is 2.28. The van der Waals surface area contributed by atoms with Crippen LogP contribution in [0.25, 0.3) is 5.70 Å². The number of unbranched alkanes of at least 4 members (excludes halogenated alkanes) is 5. The molecule has 0 saturated heterocycles. The maximum Gasteiger partial charge on any atom is 0.138 e. The predicted octanol–water partition coefficient (Wildman–Crippen LogP) is 12.2. The predicted molar refractivity (Wildman–Crippen MR) is 219 cm³/mol. The minimum Gasteiger partial charge on any atom is -0.385 e. The van der Waals surface area contributed by atoms with E-state index in [0.717, 1.165) is 86.9 Å². The lowest BCUT2D eigenvalue weighted by Gasteiger charge is -2.22. The molecule has 0 amide bonds. The molecule has 1 aromatic heterocycles. The Hall–Kier alpha value is -3.31. The lowest BCUT2D eigenvalue weighted by molar-refractivity contribution is 0.599. The first-order valence-electron chi connectivity index (χ1n) is 19.0. The van der Waals surface area contributed by atoms with E-state index in [1.54, 1.807) is 0 Å². The molecule has 2 heterocycles. The van der Waals surface area contributed by atoms with E-state index in [9.17, 15) is 0 Å². The maximum absolute atomic E-state index is 5.22. The summed E-state index contributed by atoms with van der Waals surface area (Å²) >= 11 is 0. The molecular weight excluding hydrogens is 587 g/mol. The van der Waals surface area contributed by atoms with Crippen molar-refractivity contribution in [3.05, 3.63) is 91.8 Å². The highest BCUT2D eigenvalue weighted by Gasteiger charge is 2.24. The van der Waals surface area contributed by atoms with Crippen molar-refractivity contribution in [1.82, 2.24) is 15.2 Å². The van der Waals surface area contributed by atoms with Gasteiger partial charge in [-0.3, -0.25) is 0 Å². The quantitative estimate of drug-likeness (QED) is 0.0871. The first-order chi connectivity index (χ1) is 23.5. The fraction of sp³-hybridized carbons (Fsp3) is 0.558. The third-order valence-electron chi connectivity index (χ3n) is 8.31. The Labute approximate surface area is 297 Å². The van der Waals surface area contributed by atoms with Gasteiger partial charge in [-0.05, 0) is 101 Å². The van der Waals surface area contributed by atoms with Crippen LogP contribution >= 0.6 is 0 Å². The van der Waals surface area contributed by atoms with Gasteiger partial charge in [-0.2, -0.15) is 0 Å². The lowest BCUT2D eigenvalue weighted by atomic mass is 9.99. The molecule has 0 atom stereocenters. The molecular formula is C43H73N5. The second-order valence-electron chi connectivity index (χ2n) is 12.0. The van der Waals surface area contributed by atoms with E-state index < -0.39 is 0 Å². The van der Waals surface area contributed by atoms with Gasteiger partial charge in [0, 0.05) is 30.5 Å². The molecule has 48 heavy (non-hydrogen) atoms. The lowest BCUT2D eigenvalue weighted by Crippen LogP contribution is -2.27. The van der Waals surface area contributed by atoms with Gasteiger partial charge in [0.1, 0.15) is 5.84 Å². The van der Waals surface area contributed by atoms with Gasteiger partial charge < -0.3 is 20.5 Å². The number of hydrogen-bond acceptors (Lipinski definition) is 4. The third-order valence-corrected chi connectivity index (χ3v) is 8.31. The van der Waals surface area contributed by atoms with Gasteiger partial charge in [-0.15, -0.1) is 26.3 Å². The summed E-state index contributed by atoms with van der Waals surface area (Å²) in [6.45, 7) is 37.7. The van der Waals surface area contributed by atoms with E-state index in [4.69, 9.17) is 4.99 Å². The highest BCUT2D eigenvalue weighted by Crippen LogP contribution is 2.36. The zero-order chi connectivity index (χ0) is 36.2. The Morgan fingerprint density at radius 3 is 2.10 bits per heavy atom. The first-order valence-corrected chi connectivity index (χ1v) is 19.0. The summed E-state index contributed by atoms with van der Waals surface area (Å²) in [6, 6.07) is 6.82. The molecule has 1 aliphatic rings. The van der Waals surface area contributed by atoms with E-state index in [2.05, 4.69) is 112 Å². The number of hydrogen-bond donors (Lipinski definition) is 3. The van der Waals surface area contributed by atoms with Crippen molar-refractivity contribution < 1.29 is 0 Å². The van der Waals surface area contributed by atoms with Crippen molar-refractivity contribution in [3.63, 3.8) is 0 Å². The minimum atomic E-state index is 0.920. The molecule has 0 aliphatic carbocycles. The summed E-state index contributed by atoms with van der Waals surface area (Å²) in [4.78, 5) is 5.22. The highest BCUT2D eigenvalue weighted by atomic mass is 15.1. The number of anilines is 1. The minimum absolute atomic E-state index is 0.920. The van der Waals surface area contributed by atoms with Crippen molar-refractivity contribution in [2.24, 2.45) is 4.99 Å². The molecule has 270 valence electrons. The van der Waals surface area contributed by atoms with Crippen LogP contribution in [0.3, 0.4) is 0 Å². The molecule has 5 nitrogen and oxygen atoms in total. The molecule has 0 saturated carbocycles. The van der Waals surface area contributed by atoms with Crippen LogP contribution in [0.4, 0.5) is 11.4 Å². The maximum atomic E-state index is 5.22. The second-order valence-corrected chi connectivity index (χ2v) is 12.0. The van der Waals surface area contributed by atoms with Crippen LogP contribution in [-0.2, 0) is 19.4 Å². The van der Waals surface area contributed by atoms with Crippen LogP contribution in [0.5, 0.6) is 0 Å². The van der Waals surface area contributed by atoms with Crippen LogP contribution in [0.15, 0.2) is 74.4 Å². The summed E-state index contributed by atoms with van der Waals surface area (Å²) in [5.41, 5.74) is 9.64. The molecule has 0 spiro atoms. The zero-order valence-electron chi connectivity index (χ0n) is 32.2. The SMILES string of the molecule is C=C.C=C.C=C(CCCCCC)CCCNCCCCNc1ccc(CCCC)c(C2=Nc3c(CCC)cn(CC)c3C(=C)N2)c1.CC. The number of fused-ring (bicyclic) bond motifs is 1. The van der Waals surface area contributed by atoms with Crippen molar-refractivity contribution in [3.8, 4) is 0 Å². The molecule has 2 aromatic rings. The number of aryl methyl sites for hydroxylation is 3. The molecule has 1 aliphatic heterocycles. The van der Waals surface area contributed by atoms with Gasteiger partial charge in [0.25, 0.3) is 0 Å². The Morgan fingerprint density at radius 2 is 1.44 bits per heavy atom. The molecule has 3 N–H and O–H groups in total. The molecule has 0 bridgehead atoms. The normalized spacial score (nSPS) is 11.4. The van der Waals surface area contributed by atoms with Gasteiger partial charge in [0.2, 0.25) is 0 Å². The Balaban J connectivity index is 0.00000348.